The minimum absolute atomic E-state index is 0.501. The lowest BCUT2D eigenvalue weighted by Gasteiger charge is -2.45. The van der Waals surface area contributed by atoms with Crippen molar-refractivity contribution in [2.24, 2.45) is 0 Å². The fraction of sp³-hybridized carbons (Fsp3) is 0.0200. The first-order chi connectivity index (χ1) is 26.3. The molecule has 0 atom stereocenters. The van der Waals surface area contributed by atoms with Gasteiger partial charge in [-0.1, -0.05) is 140 Å². The van der Waals surface area contributed by atoms with E-state index >= 15 is 0 Å². The number of aromatic nitrogens is 2. The van der Waals surface area contributed by atoms with Crippen LogP contribution in [0.2, 0.25) is 0 Å². The van der Waals surface area contributed by atoms with Gasteiger partial charge in [0.05, 0.1) is 27.8 Å². The van der Waals surface area contributed by atoms with Crippen LogP contribution in [0.1, 0.15) is 22.3 Å². The van der Waals surface area contributed by atoms with Crippen LogP contribution in [0.15, 0.2) is 200 Å². The molecule has 0 unspecified atom stereocenters. The molecule has 53 heavy (non-hydrogen) atoms. The number of hydrogen-bond donors (Lipinski definition) is 0. The van der Waals surface area contributed by atoms with Crippen molar-refractivity contribution in [2.75, 3.05) is 4.90 Å². The summed E-state index contributed by atoms with van der Waals surface area (Å²) in [5.74, 6) is 0.931. The van der Waals surface area contributed by atoms with E-state index < -0.39 is 5.41 Å². The Labute approximate surface area is 308 Å². The highest BCUT2D eigenvalue weighted by atomic mass is 15.2. The maximum Gasteiger partial charge on any atom is 0.145 e. The zero-order valence-corrected chi connectivity index (χ0v) is 28.9. The molecular weight excluding hydrogens is 643 g/mol. The van der Waals surface area contributed by atoms with Crippen molar-refractivity contribution in [1.82, 2.24) is 9.55 Å². The summed E-state index contributed by atoms with van der Waals surface area (Å²) in [6, 6.07) is 72.7. The molecule has 2 heterocycles. The molecule has 0 bridgehead atoms. The normalized spacial score (nSPS) is 13.4. The van der Waals surface area contributed by atoms with Crippen LogP contribution < -0.4 is 4.90 Å². The minimum Gasteiger partial charge on any atom is -0.310 e. The quantitative estimate of drug-likeness (QED) is 0.185. The molecule has 1 spiro atoms. The van der Waals surface area contributed by atoms with E-state index in [1.165, 1.54) is 50.3 Å². The number of nitrogens with zero attached hydrogens (tertiary/aromatic N) is 3. The lowest BCUT2D eigenvalue weighted by Crippen LogP contribution is -2.36. The molecule has 11 rings (SSSR count). The second-order valence-electron chi connectivity index (χ2n) is 13.9. The molecule has 1 aliphatic heterocycles. The average Bonchev–Trinajstić information content (AvgIpc) is 3.76. The maximum atomic E-state index is 5.19. The molecule has 0 fully saturated rings. The van der Waals surface area contributed by atoms with E-state index in [4.69, 9.17) is 4.98 Å². The summed E-state index contributed by atoms with van der Waals surface area (Å²) in [7, 11) is 0. The van der Waals surface area contributed by atoms with Gasteiger partial charge in [-0.05, 0) is 105 Å². The monoisotopic (exact) mass is 675 g/mol. The van der Waals surface area contributed by atoms with Gasteiger partial charge < -0.3 is 4.90 Å². The summed E-state index contributed by atoms with van der Waals surface area (Å²) in [5, 5.41) is 0. The first kappa shape index (κ1) is 29.7. The Hall–Kier alpha value is -6.97. The maximum absolute atomic E-state index is 5.19. The van der Waals surface area contributed by atoms with Crippen molar-refractivity contribution in [3.8, 4) is 39.3 Å². The van der Waals surface area contributed by atoms with Gasteiger partial charge in [-0.25, -0.2) is 4.98 Å². The summed E-state index contributed by atoms with van der Waals surface area (Å²) in [4.78, 5) is 7.62. The van der Waals surface area contributed by atoms with Crippen LogP contribution in [-0.4, -0.2) is 9.55 Å². The molecule has 0 saturated heterocycles. The van der Waals surface area contributed by atoms with Crippen molar-refractivity contribution >= 4 is 28.1 Å². The van der Waals surface area contributed by atoms with Crippen LogP contribution in [0.5, 0.6) is 0 Å². The summed E-state index contributed by atoms with van der Waals surface area (Å²) in [5.41, 5.74) is 17.4. The van der Waals surface area contributed by atoms with Gasteiger partial charge >= 0.3 is 0 Å². The van der Waals surface area contributed by atoms with Gasteiger partial charge in [-0.15, -0.1) is 0 Å². The van der Waals surface area contributed by atoms with Crippen molar-refractivity contribution < 1.29 is 0 Å². The second kappa shape index (κ2) is 11.5. The van der Waals surface area contributed by atoms with Gasteiger partial charge in [-0.2, -0.15) is 0 Å². The van der Waals surface area contributed by atoms with E-state index in [9.17, 15) is 0 Å². The molecule has 3 heteroatoms. The van der Waals surface area contributed by atoms with E-state index in [2.05, 4.69) is 210 Å². The summed E-state index contributed by atoms with van der Waals surface area (Å²) in [6.45, 7) is 0. The van der Waals surface area contributed by atoms with E-state index in [-0.39, 0.29) is 0 Å². The van der Waals surface area contributed by atoms with Crippen molar-refractivity contribution in [3.05, 3.63) is 222 Å². The van der Waals surface area contributed by atoms with Gasteiger partial charge in [0.2, 0.25) is 0 Å². The van der Waals surface area contributed by atoms with E-state index in [1.807, 2.05) is 0 Å². The highest BCUT2D eigenvalue weighted by molar-refractivity contribution is 5.96. The molecule has 0 N–H and O–H groups in total. The number of anilines is 3. The topological polar surface area (TPSA) is 21.1 Å². The lowest BCUT2D eigenvalue weighted by atomic mass is 9.64. The van der Waals surface area contributed by atoms with E-state index in [0.717, 1.165) is 39.4 Å². The minimum atomic E-state index is -0.501. The van der Waals surface area contributed by atoms with Crippen molar-refractivity contribution in [3.63, 3.8) is 0 Å². The zero-order valence-electron chi connectivity index (χ0n) is 28.9. The molecule has 1 aliphatic carbocycles. The summed E-state index contributed by atoms with van der Waals surface area (Å²) < 4.78 is 2.27. The van der Waals surface area contributed by atoms with Crippen molar-refractivity contribution in [1.29, 1.82) is 0 Å². The molecule has 0 amide bonds. The largest absolute Gasteiger partial charge is 0.310 e. The number of hydrogen-bond acceptors (Lipinski definition) is 2. The number of rotatable bonds is 4. The van der Waals surface area contributed by atoms with Gasteiger partial charge in [0.1, 0.15) is 5.82 Å². The van der Waals surface area contributed by atoms with Crippen LogP contribution in [0.4, 0.5) is 17.1 Å². The molecule has 2 aliphatic rings. The van der Waals surface area contributed by atoms with Gasteiger partial charge in [-0.3, -0.25) is 4.57 Å². The molecule has 0 radical (unpaired) electrons. The van der Waals surface area contributed by atoms with Crippen LogP contribution >= 0.6 is 0 Å². The number of fused-ring (bicyclic) bond motifs is 10. The Balaban J connectivity index is 1.14. The molecular formula is C50H33N3. The summed E-state index contributed by atoms with van der Waals surface area (Å²) >= 11 is 0. The smallest absolute Gasteiger partial charge is 0.145 e. The third kappa shape index (κ3) is 4.25. The summed E-state index contributed by atoms with van der Waals surface area (Å²) in [6.07, 6.45) is 0. The Morgan fingerprint density at radius 2 is 0.943 bits per heavy atom. The first-order valence-electron chi connectivity index (χ1n) is 18.2. The molecule has 248 valence electrons. The molecule has 3 nitrogen and oxygen atoms in total. The standard InChI is InChI=1S/C50H33N3/c1-3-18-37(19-4-1)52-46-27-12-9-24-42(46)50(43-25-10-13-28-47(43)52)41-23-8-7-22-39(41)40-31-30-35(33-44(40)50)34-16-15-17-36(32-34)49-51-45-26-11-14-29-48(45)53(49)38-20-5-2-6-21-38/h1-33H. The predicted molar refractivity (Wildman–Crippen MR) is 217 cm³/mol. The fourth-order valence-corrected chi connectivity index (χ4v) is 9.04. The van der Waals surface area contributed by atoms with Crippen LogP contribution in [-0.2, 0) is 5.41 Å². The van der Waals surface area contributed by atoms with Gasteiger partial charge in [0, 0.05) is 16.9 Å². The van der Waals surface area contributed by atoms with Crippen molar-refractivity contribution in [2.45, 2.75) is 5.41 Å². The van der Waals surface area contributed by atoms with E-state index in [1.54, 1.807) is 0 Å². The Morgan fingerprint density at radius 3 is 1.70 bits per heavy atom. The van der Waals surface area contributed by atoms with Gasteiger partial charge in [0.25, 0.3) is 0 Å². The molecule has 8 aromatic carbocycles. The molecule has 0 saturated carbocycles. The SMILES string of the molecule is c1ccc(N2c3ccccc3C3(c4ccccc4-c4ccc(-c5cccc(-c6nc7ccccc7n6-c6ccccc6)c5)cc43)c3ccccc32)cc1. The number of para-hydroxylation sites is 6. The zero-order chi connectivity index (χ0) is 34.9. The third-order valence-electron chi connectivity index (χ3n) is 11.2. The Kier molecular flexibility index (Phi) is 6.47. The number of imidazole rings is 1. The van der Waals surface area contributed by atoms with Gasteiger partial charge in [0.15, 0.2) is 0 Å². The third-order valence-corrected chi connectivity index (χ3v) is 11.2. The van der Waals surface area contributed by atoms with E-state index in [0.29, 0.717) is 0 Å². The molecule has 1 aromatic heterocycles. The first-order valence-corrected chi connectivity index (χ1v) is 18.2. The van der Waals surface area contributed by atoms with Crippen LogP contribution in [0.3, 0.4) is 0 Å². The molecule has 9 aromatic rings. The highest BCUT2D eigenvalue weighted by Gasteiger charge is 2.51. The van der Waals surface area contributed by atoms with Crippen LogP contribution in [0, 0.1) is 0 Å². The highest BCUT2D eigenvalue weighted by Crippen LogP contribution is 2.63. The lowest BCUT2D eigenvalue weighted by molar-refractivity contribution is 0.753. The average molecular weight is 676 g/mol. The number of benzene rings is 8. The second-order valence-corrected chi connectivity index (χ2v) is 13.9. The predicted octanol–water partition coefficient (Wildman–Crippen LogP) is 12.5. The Morgan fingerprint density at radius 1 is 0.377 bits per heavy atom. The Bertz CT molecular complexity index is 2800. The fourth-order valence-electron chi connectivity index (χ4n) is 9.04. The van der Waals surface area contributed by atoms with Crippen LogP contribution in [0.25, 0.3) is 50.4 Å².